The number of nitrogens with one attached hydrogen (secondary N) is 1. The summed E-state index contributed by atoms with van der Waals surface area (Å²) in [5.41, 5.74) is 2.79. The molecule has 0 aromatic carbocycles. The van der Waals surface area contributed by atoms with Gasteiger partial charge in [-0.05, 0) is 13.3 Å². The number of hydrogen-bond acceptors (Lipinski definition) is 5. The molecule has 1 fully saturated rings. The molecule has 1 aliphatic heterocycles. The fourth-order valence-corrected chi connectivity index (χ4v) is 1.75. The molecule has 84 valence electrons. The number of nitrogens with zero attached hydrogens (tertiary/aromatic N) is 1. The summed E-state index contributed by atoms with van der Waals surface area (Å²) in [4.78, 5) is 2.24. The first kappa shape index (κ1) is 11.9. The molecular weight excluding hydrogens is 182 g/mol. The molecule has 0 amide bonds. The molecule has 2 atom stereocenters. The summed E-state index contributed by atoms with van der Waals surface area (Å²) in [5.74, 6) is 5.44. The summed E-state index contributed by atoms with van der Waals surface area (Å²) >= 11 is 0. The Balaban J connectivity index is 2.32. The Morgan fingerprint density at radius 1 is 1.57 bits per heavy atom. The normalized spacial score (nSPS) is 29.4. The smallest absolute Gasteiger partial charge is 0.0990 e. The van der Waals surface area contributed by atoms with Crippen LogP contribution in [-0.4, -0.2) is 50.6 Å². The van der Waals surface area contributed by atoms with E-state index >= 15 is 0 Å². The molecule has 2 unspecified atom stereocenters. The zero-order chi connectivity index (χ0) is 10.4. The van der Waals surface area contributed by atoms with Crippen molar-refractivity contribution in [2.75, 3.05) is 33.5 Å². The first-order chi connectivity index (χ1) is 6.81. The maximum atomic E-state index is 5.44. The van der Waals surface area contributed by atoms with Crippen LogP contribution in [0.1, 0.15) is 13.3 Å². The van der Waals surface area contributed by atoms with E-state index in [4.69, 9.17) is 15.3 Å². The Morgan fingerprint density at radius 2 is 2.36 bits per heavy atom. The predicted octanol–water partition coefficient (Wildman–Crippen LogP) is -0.467. The lowest BCUT2D eigenvalue weighted by atomic mass is 10.0. The van der Waals surface area contributed by atoms with Crippen LogP contribution in [0, 0.1) is 0 Å². The molecule has 1 rings (SSSR count). The van der Waals surface area contributed by atoms with Crippen LogP contribution in [0.25, 0.3) is 0 Å². The number of likely N-dealkylation sites (tertiary alicyclic amines) is 1. The van der Waals surface area contributed by atoms with E-state index in [1.165, 1.54) is 0 Å². The van der Waals surface area contributed by atoms with Crippen molar-refractivity contribution in [2.24, 2.45) is 5.84 Å². The van der Waals surface area contributed by atoms with Crippen LogP contribution in [0.4, 0.5) is 0 Å². The predicted molar refractivity (Wildman–Crippen MR) is 54.6 cm³/mol. The van der Waals surface area contributed by atoms with E-state index in [-0.39, 0.29) is 12.1 Å². The van der Waals surface area contributed by atoms with Gasteiger partial charge in [0.2, 0.25) is 0 Å². The number of piperidine rings is 1. The third-order valence-electron chi connectivity index (χ3n) is 2.64. The number of hydrazine groups is 1. The first-order valence-corrected chi connectivity index (χ1v) is 5.10. The highest BCUT2D eigenvalue weighted by molar-refractivity contribution is 4.83. The Hall–Kier alpha value is -0.200. The van der Waals surface area contributed by atoms with Crippen molar-refractivity contribution in [1.29, 1.82) is 0 Å². The van der Waals surface area contributed by atoms with Gasteiger partial charge in [-0.1, -0.05) is 0 Å². The van der Waals surface area contributed by atoms with Gasteiger partial charge in [-0.2, -0.15) is 0 Å². The van der Waals surface area contributed by atoms with Gasteiger partial charge in [0.1, 0.15) is 0 Å². The van der Waals surface area contributed by atoms with Gasteiger partial charge in [0.25, 0.3) is 0 Å². The van der Waals surface area contributed by atoms with Crippen LogP contribution < -0.4 is 11.3 Å². The fourth-order valence-electron chi connectivity index (χ4n) is 1.75. The van der Waals surface area contributed by atoms with Crippen molar-refractivity contribution < 1.29 is 9.47 Å². The molecule has 0 spiro atoms. The molecule has 0 radical (unpaired) electrons. The molecule has 0 aromatic heterocycles. The summed E-state index contributed by atoms with van der Waals surface area (Å²) in [6, 6.07) is 0.262. The van der Waals surface area contributed by atoms with Crippen LogP contribution in [0.5, 0.6) is 0 Å². The Bertz CT molecular complexity index is 157. The lowest BCUT2D eigenvalue weighted by Gasteiger charge is -2.36. The van der Waals surface area contributed by atoms with Crippen molar-refractivity contribution in [3.63, 3.8) is 0 Å². The second-order valence-corrected chi connectivity index (χ2v) is 3.53. The van der Waals surface area contributed by atoms with Crippen molar-refractivity contribution >= 4 is 0 Å². The van der Waals surface area contributed by atoms with Crippen LogP contribution in [-0.2, 0) is 9.47 Å². The van der Waals surface area contributed by atoms with E-state index < -0.39 is 0 Å². The monoisotopic (exact) mass is 203 g/mol. The van der Waals surface area contributed by atoms with E-state index in [0.717, 1.165) is 26.1 Å². The molecule has 0 aromatic rings. The topological polar surface area (TPSA) is 59.8 Å². The Kier molecular flexibility index (Phi) is 5.36. The van der Waals surface area contributed by atoms with E-state index in [0.29, 0.717) is 6.73 Å². The molecule has 14 heavy (non-hydrogen) atoms. The van der Waals surface area contributed by atoms with Crippen molar-refractivity contribution in [3.05, 3.63) is 0 Å². The maximum Gasteiger partial charge on any atom is 0.0990 e. The minimum Gasteiger partial charge on any atom is -0.378 e. The minimum absolute atomic E-state index is 0.161. The molecule has 1 saturated heterocycles. The van der Waals surface area contributed by atoms with E-state index in [2.05, 4.69) is 10.3 Å². The highest BCUT2D eigenvalue weighted by Gasteiger charge is 2.28. The standard InChI is InChI=1S/C9H21N3O2/c1-3-14-7-12-5-4-8(11-10)9(6-12)13-2/h8-9,11H,3-7,10H2,1-2H3. The van der Waals surface area contributed by atoms with Crippen LogP contribution in [0.2, 0.25) is 0 Å². The average Bonchev–Trinajstić information content (AvgIpc) is 2.25. The number of methoxy groups -OCH3 is 1. The fraction of sp³-hybridized carbons (Fsp3) is 1.00. The van der Waals surface area contributed by atoms with Crippen LogP contribution in [0.3, 0.4) is 0 Å². The van der Waals surface area contributed by atoms with Crippen molar-refractivity contribution in [1.82, 2.24) is 10.3 Å². The highest BCUT2D eigenvalue weighted by atomic mass is 16.5. The molecule has 0 aliphatic carbocycles. The van der Waals surface area contributed by atoms with E-state index in [1.54, 1.807) is 7.11 Å². The summed E-state index contributed by atoms with van der Waals surface area (Å²) in [6.45, 7) is 5.34. The van der Waals surface area contributed by atoms with Crippen LogP contribution >= 0.6 is 0 Å². The van der Waals surface area contributed by atoms with Gasteiger partial charge in [0, 0.05) is 32.8 Å². The summed E-state index contributed by atoms with van der Waals surface area (Å²) < 4.78 is 10.7. The van der Waals surface area contributed by atoms with Crippen LogP contribution in [0.15, 0.2) is 0 Å². The number of hydrogen-bond donors (Lipinski definition) is 2. The SMILES string of the molecule is CCOCN1CCC(NN)C(OC)C1. The molecule has 5 nitrogen and oxygen atoms in total. The largest absolute Gasteiger partial charge is 0.378 e. The lowest BCUT2D eigenvalue weighted by Crippen LogP contribution is -2.55. The molecule has 1 aliphatic rings. The van der Waals surface area contributed by atoms with Gasteiger partial charge in [0.15, 0.2) is 0 Å². The van der Waals surface area contributed by atoms with Gasteiger partial charge in [-0.3, -0.25) is 16.2 Å². The van der Waals surface area contributed by atoms with E-state index in [1.807, 2.05) is 6.92 Å². The second-order valence-electron chi connectivity index (χ2n) is 3.53. The molecule has 1 heterocycles. The van der Waals surface area contributed by atoms with Gasteiger partial charge in [-0.25, -0.2) is 0 Å². The maximum absolute atomic E-state index is 5.44. The third kappa shape index (κ3) is 3.18. The minimum atomic E-state index is 0.161. The molecular formula is C9H21N3O2. The second kappa shape index (κ2) is 6.31. The molecule has 5 heteroatoms. The van der Waals surface area contributed by atoms with Crippen molar-refractivity contribution in [3.8, 4) is 0 Å². The molecule has 3 N–H and O–H groups in total. The summed E-state index contributed by atoms with van der Waals surface area (Å²) in [7, 11) is 1.72. The summed E-state index contributed by atoms with van der Waals surface area (Å²) in [6.07, 6.45) is 1.16. The Morgan fingerprint density at radius 3 is 2.93 bits per heavy atom. The average molecular weight is 203 g/mol. The molecule has 0 bridgehead atoms. The zero-order valence-electron chi connectivity index (χ0n) is 9.03. The van der Waals surface area contributed by atoms with E-state index in [9.17, 15) is 0 Å². The zero-order valence-corrected chi connectivity index (χ0v) is 9.03. The quantitative estimate of drug-likeness (QED) is 0.467. The third-order valence-corrected chi connectivity index (χ3v) is 2.64. The Labute approximate surface area is 85.5 Å². The molecule has 0 saturated carbocycles. The highest BCUT2D eigenvalue weighted by Crippen LogP contribution is 2.12. The van der Waals surface area contributed by atoms with Gasteiger partial charge in [0.05, 0.1) is 12.8 Å². The summed E-state index contributed by atoms with van der Waals surface area (Å²) in [5, 5.41) is 0. The van der Waals surface area contributed by atoms with Gasteiger partial charge in [-0.15, -0.1) is 0 Å². The number of ether oxygens (including phenoxy) is 2. The number of rotatable bonds is 5. The lowest BCUT2D eigenvalue weighted by molar-refractivity contribution is -0.0413. The van der Waals surface area contributed by atoms with Gasteiger partial charge >= 0.3 is 0 Å². The van der Waals surface area contributed by atoms with Crippen molar-refractivity contribution in [2.45, 2.75) is 25.5 Å². The van der Waals surface area contributed by atoms with Gasteiger partial charge < -0.3 is 9.47 Å². The first-order valence-electron chi connectivity index (χ1n) is 5.10. The number of nitrogens with two attached hydrogens (primary N) is 1.